The molecule has 132 valence electrons. The van der Waals surface area contributed by atoms with Crippen molar-refractivity contribution in [3.05, 3.63) is 90.5 Å². The Balaban J connectivity index is 1.45. The van der Waals surface area contributed by atoms with Gasteiger partial charge in [-0.25, -0.2) is 9.97 Å². The largest absolute Gasteiger partial charge is 0.340 e. The second-order valence-corrected chi connectivity index (χ2v) is 6.23. The van der Waals surface area contributed by atoms with Crippen LogP contribution in [0.2, 0.25) is 0 Å². The molecule has 2 aromatic heterocycles. The highest BCUT2D eigenvalue weighted by Crippen LogP contribution is 2.23. The van der Waals surface area contributed by atoms with Crippen molar-refractivity contribution in [1.29, 1.82) is 0 Å². The van der Waals surface area contributed by atoms with E-state index in [0.717, 1.165) is 28.0 Å². The third kappa shape index (κ3) is 3.98. The number of para-hydroxylation sites is 1. The van der Waals surface area contributed by atoms with Crippen molar-refractivity contribution < 1.29 is 4.79 Å². The van der Waals surface area contributed by atoms with Crippen LogP contribution < -0.4 is 5.32 Å². The molecule has 1 N–H and O–H groups in total. The fourth-order valence-electron chi connectivity index (χ4n) is 2.93. The van der Waals surface area contributed by atoms with Crippen LogP contribution in [0, 0.1) is 0 Å². The number of fused-ring (bicyclic) bond motifs is 1. The van der Waals surface area contributed by atoms with E-state index < -0.39 is 0 Å². The van der Waals surface area contributed by atoms with Crippen LogP contribution in [0.15, 0.2) is 79.4 Å². The van der Waals surface area contributed by atoms with Gasteiger partial charge in [0.1, 0.15) is 12.1 Å². The van der Waals surface area contributed by atoms with E-state index >= 15 is 0 Å². The number of nitrogens with one attached hydrogen (secondary N) is 1. The van der Waals surface area contributed by atoms with E-state index in [0.29, 0.717) is 18.4 Å². The van der Waals surface area contributed by atoms with Crippen molar-refractivity contribution in [2.75, 3.05) is 5.32 Å². The summed E-state index contributed by atoms with van der Waals surface area (Å²) in [6, 6.07) is 19.2. The molecule has 0 amide bonds. The zero-order chi connectivity index (χ0) is 18.5. The predicted molar refractivity (Wildman–Crippen MR) is 106 cm³/mol. The molecule has 5 nitrogen and oxygen atoms in total. The molecule has 0 radical (unpaired) electrons. The first-order valence-electron chi connectivity index (χ1n) is 8.78. The second-order valence-electron chi connectivity index (χ2n) is 6.23. The molecule has 0 aliphatic carbocycles. The van der Waals surface area contributed by atoms with E-state index in [1.54, 1.807) is 18.7 Å². The van der Waals surface area contributed by atoms with Gasteiger partial charge >= 0.3 is 0 Å². The molecule has 0 spiro atoms. The molecule has 0 atom stereocenters. The maximum Gasteiger partial charge on any atom is 0.163 e. The topological polar surface area (TPSA) is 67.8 Å². The fourth-order valence-corrected chi connectivity index (χ4v) is 2.93. The Hall–Kier alpha value is -3.60. The predicted octanol–water partition coefficient (Wildman–Crippen LogP) is 4.58. The summed E-state index contributed by atoms with van der Waals surface area (Å²) in [6.45, 7) is 0. The van der Waals surface area contributed by atoms with Crippen molar-refractivity contribution in [3.63, 3.8) is 0 Å². The smallest absolute Gasteiger partial charge is 0.163 e. The second kappa shape index (κ2) is 7.74. The van der Waals surface area contributed by atoms with E-state index in [-0.39, 0.29) is 5.78 Å². The van der Waals surface area contributed by atoms with Gasteiger partial charge in [-0.1, -0.05) is 18.2 Å². The first-order valence-corrected chi connectivity index (χ1v) is 8.78. The van der Waals surface area contributed by atoms with Crippen LogP contribution in [-0.4, -0.2) is 20.7 Å². The molecule has 5 heteroatoms. The Bertz CT molecular complexity index is 1060. The molecule has 0 aliphatic rings. The minimum absolute atomic E-state index is 0.123. The number of Topliss-reactive ketones (excluding diaryl/α,β-unsaturated/α-hetero) is 1. The Labute approximate surface area is 157 Å². The standard InChI is InChI=1S/C22H18N4O/c27-21(12-7-16-4-3-13-23-14-16)17-8-10-18(11-9-17)26-22-19-5-1-2-6-20(19)24-15-25-22/h1-6,8-11,13-15H,7,12H2,(H,24,25,26). The van der Waals surface area contributed by atoms with Crippen LogP contribution >= 0.6 is 0 Å². The number of anilines is 2. The quantitative estimate of drug-likeness (QED) is 0.513. The van der Waals surface area contributed by atoms with Gasteiger partial charge in [-0.3, -0.25) is 9.78 Å². The van der Waals surface area contributed by atoms with Gasteiger partial charge in [-0.05, 0) is 54.4 Å². The van der Waals surface area contributed by atoms with Gasteiger partial charge < -0.3 is 5.32 Å². The summed E-state index contributed by atoms with van der Waals surface area (Å²) in [7, 11) is 0. The number of carbonyl (C=O) groups is 1. The zero-order valence-electron chi connectivity index (χ0n) is 14.7. The molecule has 0 fully saturated rings. The van der Waals surface area contributed by atoms with Gasteiger partial charge in [-0.15, -0.1) is 0 Å². The molecule has 4 rings (SSSR count). The lowest BCUT2D eigenvalue weighted by atomic mass is 10.0. The minimum atomic E-state index is 0.123. The van der Waals surface area contributed by atoms with Gasteiger partial charge in [0.15, 0.2) is 5.78 Å². The summed E-state index contributed by atoms with van der Waals surface area (Å²) in [4.78, 5) is 25.1. The highest BCUT2D eigenvalue weighted by molar-refractivity contribution is 5.96. The Morgan fingerprint density at radius 3 is 2.59 bits per heavy atom. The maximum atomic E-state index is 12.4. The van der Waals surface area contributed by atoms with Gasteiger partial charge in [-0.2, -0.15) is 0 Å². The molecule has 0 aliphatic heterocycles. The third-order valence-corrected chi connectivity index (χ3v) is 4.38. The Morgan fingerprint density at radius 1 is 0.926 bits per heavy atom. The molecule has 27 heavy (non-hydrogen) atoms. The molecule has 0 unspecified atom stereocenters. The Kier molecular flexibility index (Phi) is 4.83. The highest BCUT2D eigenvalue weighted by atomic mass is 16.1. The first-order chi connectivity index (χ1) is 13.3. The summed E-state index contributed by atoms with van der Waals surface area (Å²) >= 11 is 0. The number of aryl methyl sites for hydroxylation is 1. The molecular formula is C22H18N4O. The zero-order valence-corrected chi connectivity index (χ0v) is 14.7. The van der Waals surface area contributed by atoms with Crippen LogP contribution in [0.5, 0.6) is 0 Å². The highest BCUT2D eigenvalue weighted by Gasteiger charge is 2.08. The lowest BCUT2D eigenvalue weighted by Crippen LogP contribution is -2.02. The SMILES string of the molecule is O=C(CCc1cccnc1)c1ccc(Nc2ncnc3ccccc23)cc1. The van der Waals surface area contributed by atoms with E-state index in [1.807, 2.05) is 60.7 Å². The fraction of sp³-hybridized carbons (Fsp3) is 0.0909. The maximum absolute atomic E-state index is 12.4. The molecule has 2 aromatic carbocycles. The lowest BCUT2D eigenvalue weighted by molar-refractivity contribution is 0.0983. The van der Waals surface area contributed by atoms with Crippen LogP contribution in [0.25, 0.3) is 10.9 Å². The average Bonchev–Trinajstić information content (AvgIpc) is 2.74. The summed E-state index contributed by atoms with van der Waals surface area (Å²) in [5, 5.41) is 4.26. The van der Waals surface area contributed by atoms with Gasteiger partial charge in [0.05, 0.1) is 5.52 Å². The summed E-state index contributed by atoms with van der Waals surface area (Å²) in [5.74, 6) is 0.870. The summed E-state index contributed by atoms with van der Waals surface area (Å²) in [5.41, 5.74) is 3.54. The van der Waals surface area contributed by atoms with Crippen molar-refractivity contribution in [2.24, 2.45) is 0 Å². The van der Waals surface area contributed by atoms with E-state index in [2.05, 4.69) is 20.3 Å². The average molecular weight is 354 g/mol. The Morgan fingerprint density at radius 2 is 1.78 bits per heavy atom. The van der Waals surface area contributed by atoms with Crippen LogP contribution in [-0.2, 0) is 6.42 Å². The van der Waals surface area contributed by atoms with E-state index in [4.69, 9.17) is 0 Å². The van der Waals surface area contributed by atoms with Gasteiger partial charge in [0.2, 0.25) is 0 Å². The third-order valence-electron chi connectivity index (χ3n) is 4.38. The minimum Gasteiger partial charge on any atom is -0.340 e. The van der Waals surface area contributed by atoms with E-state index in [1.165, 1.54) is 0 Å². The van der Waals surface area contributed by atoms with Crippen molar-refractivity contribution in [2.45, 2.75) is 12.8 Å². The van der Waals surface area contributed by atoms with Crippen molar-refractivity contribution >= 4 is 28.2 Å². The van der Waals surface area contributed by atoms with Crippen LogP contribution in [0.4, 0.5) is 11.5 Å². The monoisotopic (exact) mass is 354 g/mol. The molecule has 4 aromatic rings. The molecular weight excluding hydrogens is 336 g/mol. The van der Waals surface area contributed by atoms with Crippen molar-refractivity contribution in [3.8, 4) is 0 Å². The van der Waals surface area contributed by atoms with Gasteiger partial charge in [0.25, 0.3) is 0 Å². The molecule has 2 heterocycles. The summed E-state index contributed by atoms with van der Waals surface area (Å²) in [6.07, 6.45) is 6.24. The lowest BCUT2D eigenvalue weighted by Gasteiger charge is -2.09. The van der Waals surface area contributed by atoms with Crippen molar-refractivity contribution in [1.82, 2.24) is 15.0 Å². The van der Waals surface area contributed by atoms with Crippen LogP contribution in [0.3, 0.4) is 0 Å². The normalized spacial score (nSPS) is 10.7. The van der Waals surface area contributed by atoms with E-state index in [9.17, 15) is 4.79 Å². The van der Waals surface area contributed by atoms with Crippen LogP contribution in [0.1, 0.15) is 22.3 Å². The number of ketones is 1. The number of carbonyl (C=O) groups excluding carboxylic acids is 1. The number of benzene rings is 2. The summed E-state index contributed by atoms with van der Waals surface area (Å²) < 4.78 is 0. The first kappa shape index (κ1) is 16.8. The number of aromatic nitrogens is 3. The molecule has 0 saturated heterocycles. The molecule has 0 bridgehead atoms. The number of rotatable bonds is 6. The molecule has 0 saturated carbocycles. The number of hydrogen-bond donors (Lipinski definition) is 1. The number of nitrogens with zero attached hydrogens (tertiary/aromatic N) is 3. The number of hydrogen-bond acceptors (Lipinski definition) is 5. The number of pyridine rings is 1. The van der Waals surface area contributed by atoms with Gasteiger partial charge in [0, 0.05) is 35.5 Å².